The van der Waals surface area contributed by atoms with Gasteiger partial charge in [-0.15, -0.1) is 0 Å². The van der Waals surface area contributed by atoms with Crippen LogP contribution < -0.4 is 5.06 Å². The van der Waals surface area contributed by atoms with E-state index in [0.29, 0.717) is 16.3 Å². The molecule has 0 fully saturated rings. The first-order valence-electron chi connectivity index (χ1n) is 6.00. The van der Waals surface area contributed by atoms with Crippen molar-refractivity contribution in [3.8, 4) is 0 Å². The summed E-state index contributed by atoms with van der Waals surface area (Å²) in [6.07, 6.45) is 1.74. The third kappa shape index (κ3) is 3.30. The minimum atomic E-state index is -0.435. The fraction of sp³-hybridized carbons (Fsp3) is 0.0625. The smallest absolute Gasteiger partial charge is 0.277 e. The van der Waals surface area contributed by atoms with Crippen LogP contribution in [0.3, 0.4) is 0 Å². The molecule has 2 aromatic rings. The van der Waals surface area contributed by atoms with Gasteiger partial charge in [-0.25, -0.2) is 0 Å². The molecule has 3 heteroatoms. The van der Waals surface area contributed by atoms with Gasteiger partial charge in [0.2, 0.25) is 0 Å². The molecule has 0 unspecified atom stereocenters. The highest BCUT2D eigenvalue weighted by Gasteiger charge is 2.14. The zero-order chi connectivity index (χ0) is 13.7. The molecule has 1 N–H and O–H groups in total. The molecule has 2 aromatic carbocycles. The third-order valence-corrected chi connectivity index (χ3v) is 2.71. The molecule has 0 aromatic heterocycles. The molecule has 0 saturated heterocycles. The van der Waals surface area contributed by atoms with E-state index in [0.717, 1.165) is 5.56 Å². The Morgan fingerprint density at radius 2 is 1.53 bits per heavy atom. The van der Waals surface area contributed by atoms with E-state index in [1.807, 2.05) is 36.4 Å². The zero-order valence-corrected chi connectivity index (χ0v) is 10.7. The molecule has 2 rings (SSSR count). The van der Waals surface area contributed by atoms with E-state index in [2.05, 4.69) is 0 Å². The van der Waals surface area contributed by atoms with E-state index in [1.54, 1.807) is 37.3 Å². The Morgan fingerprint density at radius 3 is 2.11 bits per heavy atom. The summed E-state index contributed by atoms with van der Waals surface area (Å²) in [4.78, 5) is 12.1. The van der Waals surface area contributed by atoms with Crippen molar-refractivity contribution in [1.82, 2.24) is 0 Å². The first-order valence-corrected chi connectivity index (χ1v) is 6.00. The van der Waals surface area contributed by atoms with Crippen molar-refractivity contribution in [2.45, 2.75) is 6.92 Å². The third-order valence-electron chi connectivity index (χ3n) is 2.71. The number of carbonyl (C=O) groups is 1. The van der Waals surface area contributed by atoms with E-state index >= 15 is 0 Å². The van der Waals surface area contributed by atoms with Crippen LogP contribution in [-0.2, 0) is 4.79 Å². The molecule has 19 heavy (non-hydrogen) atoms. The number of hydroxylamine groups is 1. The van der Waals surface area contributed by atoms with Gasteiger partial charge in [0.15, 0.2) is 0 Å². The number of amides is 1. The topological polar surface area (TPSA) is 40.5 Å². The van der Waals surface area contributed by atoms with Gasteiger partial charge in [-0.05, 0) is 30.7 Å². The van der Waals surface area contributed by atoms with Gasteiger partial charge in [0.05, 0.1) is 5.69 Å². The summed E-state index contributed by atoms with van der Waals surface area (Å²) in [5.74, 6) is -0.435. The average molecular weight is 253 g/mol. The Bertz CT molecular complexity index is 576. The Morgan fingerprint density at radius 1 is 1.00 bits per heavy atom. The predicted octanol–water partition coefficient (Wildman–Crippen LogP) is 3.51. The molecule has 0 aliphatic rings. The molecule has 0 aliphatic carbocycles. The molecule has 0 heterocycles. The van der Waals surface area contributed by atoms with Crippen molar-refractivity contribution in [2.75, 3.05) is 5.06 Å². The number of nitrogens with zero attached hydrogens (tertiary/aromatic N) is 1. The van der Waals surface area contributed by atoms with Gasteiger partial charge in [0, 0.05) is 5.57 Å². The summed E-state index contributed by atoms with van der Waals surface area (Å²) < 4.78 is 0. The molecule has 1 amide bonds. The fourth-order valence-electron chi connectivity index (χ4n) is 1.71. The van der Waals surface area contributed by atoms with Crippen LogP contribution in [0, 0.1) is 0 Å². The summed E-state index contributed by atoms with van der Waals surface area (Å²) >= 11 is 0. The minimum absolute atomic E-state index is 0.435. The molecule has 0 saturated carbocycles. The van der Waals surface area contributed by atoms with Crippen molar-refractivity contribution in [2.24, 2.45) is 0 Å². The van der Waals surface area contributed by atoms with E-state index in [4.69, 9.17) is 0 Å². The van der Waals surface area contributed by atoms with Crippen molar-refractivity contribution >= 4 is 17.7 Å². The summed E-state index contributed by atoms with van der Waals surface area (Å²) in [6.45, 7) is 1.68. The van der Waals surface area contributed by atoms with Gasteiger partial charge in [0.25, 0.3) is 5.91 Å². The number of para-hydroxylation sites is 1. The predicted molar refractivity (Wildman–Crippen MR) is 75.8 cm³/mol. The fourth-order valence-corrected chi connectivity index (χ4v) is 1.71. The molecule has 3 nitrogen and oxygen atoms in total. The zero-order valence-electron chi connectivity index (χ0n) is 10.7. The van der Waals surface area contributed by atoms with Gasteiger partial charge in [-0.2, -0.15) is 5.06 Å². The van der Waals surface area contributed by atoms with Crippen molar-refractivity contribution in [1.29, 1.82) is 0 Å². The average Bonchev–Trinajstić information content (AvgIpc) is 2.47. The molecular weight excluding hydrogens is 238 g/mol. The van der Waals surface area contributed by atoms with Crippen LogP contribution in [0.4, 0.5) is 5.69 Å². The van der Waals surface area contributed by atoms with Crippen LogP contribution in [0.1, 0.15) is 12.5 Å². The molecule has 0 radical (unpaired) electrons. The van der Waals surface area contributed by atoms with Crippen LogP contribution in [0.5, 0.6) is 0 Å². The lowest BCUT2D eigenvalue weighted by Gasteiger charge is -2.15. The van der Waals surface area contributed by atoms with E-state index in [9.17, 15) is 10.0 Å². The van der Waals surface area contributed by atoms with Gasteiger partial charge >= 0.3 is 0 Å². The maximum absolute atomic E-state index is 12.1. The van der Waals surface area contributed by atoms with Crippen LogP contribution in [-0.4, -0.2) is 11.1 Å². The Labute approximate surface area is 112 Å². The quantitative estimate of drug-likeness (QED) is 0.516. The highest BCUT2D eigenvalue weighted by Crippen LogP contribution is 2.15. The number of benzene rings is 2. The number of anilines is 1. The Balaban J connectivity index is 2.18. The number of hydrogen-bond acceptors (Lipinski definition) is 2. The normalized spacial score (nSPS) is 11.2. The van der Waals surface area contributed by atoms with Crippen LogP contribution >= 0.6 is 0 Å². The van der Waals surface area contributed by atoms with Gasteiger partial charge in [0.1, 0.15) is 0 Å². The summed E-state index contributed by atoms with van der Waals surface area (Å²) in [5, 5.41) is 10.5. The van der Waals surface area contributed by atoms with Crippen molar-refractivity contribution in [3.05, 3.63) is 71.8 Å². The second kappa shape index (κ2) is 5.98. The van der Waals surface area contributed by atoms with Gasteiger partial charge in [-0.3, -0.25) is 10.0 Å². The molecule has 0 bridgehead atoms. The maximum Gasteiger partial charge on any atom is 0.277 e. The largest absolute Gasteiger partial charge is 0.281 e. The highest BCUT2D eigenvalue weighted by atomic mass is 16.5. The number of hydrogen-bond donors (Lipinski definition) is 1. The Hall–Kier alpha value is -2.39. The SMILES string of the molecule is CC(=Cc1ccccc1)C(=O)N(O)c1ccccc1. The van der Waals surface area contributed by atoms with E-state index in [1.165, 1.54) is 0 Å². The first-order chi connectivity index (χ1) is 9.18. The van der Waals surface area contributed by atoms with Crippen LogP contribution in [0.2, 0.25) is 0 Å². The van der Waals surface area contributed by atoms with Crippen LogP contribution in [0.15, 0.2) is 66.2 Å². The first kappa shape index (κ1) is 13.1. The lowest BCUT2D eigenvalue weighted by atomic mass is 10.1. The molecule has 0 atom stereocenters. The molecule has 0 aliphatic heterocycles. The maximum atomic E-state index is 12.1. The Kier molecular flexibility index (Phi) is 4.11. The van der Waals surface area contributed by atoms with Crippen molar-refractivity contribution < 1.29 is 10.0 Å². The van der Waals surface area contributed by atoms with Crippen LogP contribution in [0.25, 0.3) is 6.08 Å². The van der Waals surface area contributed by atoms with E-state index in [-0.39, 0.29) is 0 Å². The minimum Gasteiger partial charge on any atom is -0.281 e. The monoisotopic (exact) mass is 253 g/mol. The lowest BCUT2D eigenvalue weighted by Crippen LogP contribution is -2.27. The number of carbonyl (C=O) groups excluding carboxylic acids is 1. The molecule has 96 valence electrons. The van der Waals surface area contributed by atoms with Gasteiger partial charge in [-0.1, -0.05) is 48.5 Å². The summed E-state index contributed by atoms with van der Waals surface area (Å²) in [7, 11) is 0. The molecule has 0 spiro atoms. The summed E-state index contributed by atoms with van der Waals surface area (Å²) in [5.41, 5.74) is 1.85. The standard InChI is InChI=1S/C16H15NO2/c1-13(12-14-8-4-2-5-9-14)16(18)17(19)15-10-6-3-7-11-15/h2-12,19H,1H3. The number of rotatable bonds is 3. The second-order valence-corrected chi connectivity index (χ2v) is 4.19. The highest BCUT2D eigenvalue weighted by molar-refractivity contribution is 6.06. The second-order valence-electron chi connectivity index (χ2n) is 4.19. The van der Waals surface area contributed by atoms with Gasteiger partial charge < -0.3 is 0 Å². The molecular formula is C16H15NO2. The summed E-state index contributed by atoms with van der Waals surface area (Å²) in [6, 6.07) is 18.2. The van der Waals surface area contributed by atoms with Crippen molar-refractivity contribution in [3.63, 3.8) is 0 Å². The lowest BCUT2D eigenvalue weighted by molar-refractivity contribution is -0.119. The van der Waals surface area contributed by atoms with E-state index < -0.39 is 5.91 Å².